The fourth-order valence-corrected chi connectivity index (χ4v) is 4.20. The molecule has 1 fully saturated rings. The van der Waals surface area contributed by atoms with Crippen molar-refractivity contribution in [3.05, 3.63) is 46.5 Å². The summed E-state index contributed by atoms with van der Waals surface area (Å²) in [5.74, 6) is 1.16. The van der Waals surface area contributed by atoms with Crippen molar-refractivity contribution < 1.29 is 9.90 Å². The van der Waals surface area contributed by atoms with Crippen LogP contribution in [0.4, 0.5) is 0 Å². The van der Waals surface area contributed by atoms with Gasteiger partial charge in [-0.05, 0) is 48.8 Å². The number of amides is 1. The molecule has 4 heteroatoms. The van der Waals surface area contributed by atoms with Crippen molar-refractivity contribution >= 4 is 21.8 Å². The number of fused-ring (bicyclic) bond motifs is 1. The second kappa shape index (κ2) is 6.97. The van der Waals surface area contributed by atoms with Crippen LogP contribution in [0.2, 0.25) is 0 Å². The maximum Gasteiger partial charge on any atom is 0.224 e. The van der Waals surface area contributed by atoms with Gasteiger partial charge in [-0.25, -0.2) is 0 Å². The molecule has 0 radical (unpaired) electrons. The molecule has 1 saturated heterocycles. The molecule has 1 heterocycles. The first-order chi connectivity index (χ1) is 10.7. The number of carbonyl (C=O) groups is 1. The normalized spacial score (nSPS) is 30.7. The molecule has 2 N–H and O–H groups in total. The van der Waals surface area contributed by atoms with Crippen LogP contribution in [0.25, 0.3) is 0 Å². The van der Waals surface area contributed by atoms with Gasteiger partial charge in [-0.1, -0.05) is 40.2 Å². The first kappa shape index (κ1) is 15.8. The minimum absolute atomic E-state index is 0.0407. The summed E-state index contributed by atoms with van der Waals surface area (Å²) in [4.78, 5) is 12.4. The Hall–Kier alpha value is -1.13. The number of aliphatic hydroxyl groups excluding tert-OH is 1. The summed E-state index contributed by atoms with van der Waals surface area (Å²) in [5, 5.41) is 12.1. The third kappa shape index (κ3) is 3.13. The summed E-state index contributed by atoms with van der Waals surface area (Å²) in [7, 11) is 0. The number of hydrogen-bond acceptors (Lipinski definition) is 2. The van der Waals surface area contributed by atoms with Crippen LogP contribution in [0.15, 0.2) is 40.9 Å². The summed E-state index contributed by atoms with van der Waals surface area (Å²) < 4.78 is 1.08. The molecule has 0 aromatic heterocycles. The maximum absolute atomic E-state index is 12.4. The molecule has 22 heavy (non-hydrogen) atoms. The van der Waals surface area contributed by atoms with Crippen LogP contribution in [0.5, 0.6) is 0 Å². The van der Waals surface area contributed by atoms with Gasteiger partial charge in [0.05, 0.1) is 0 Å². The first-order valence-electron chi connectivity index (χ1n) is 8.03. The van der Waals surface area contributed by atoms with Crippen LogP contribution in [-0.2, 0) is 4.79 Å². The molecule has 3 nitrogen and oxygen atoms in total. The SMILES string of the molecule is O=C1NCC[C@H]2[C@H]1[C@H](CCCO)C=C[C@@H]2c1ccc(Br)cc1. The van der Waals surface area contributed by atoms with Crippen LogP contribution in [0.1, 0.15) is 30.7 Å². The molecule has 4 atom stereocenters. The van der Waals surface area contributed by atoms with Crippen molar-refractivity contribution in [2.24, 2.45) is 17.8 Å². The lowest BCUT2D eigenvalue weighted by molar-refractivity contribution is -0.131. The molecular weight excluding hydrogens is 342 g/mol. The largest absolute Gasteiger partial charge is 0.396 e. The molecular formula is C18H22BrNO2. The zero-order valence-electron chi connectivity index (χ0n) is 12.5. The second-order valence-electron chi connectivity index (χ2n) is 6.26. The highest BCUT2D eigenvalue weighted by Gasteiger charge is 2.42. The smallest absolute Gasteiger partial charge is 0.224 e. The predicted molar refractivity (Wildman–Crippen MR) is 90.4 cm³/mol. The molecule has 1 aromatic rings. The predicted octanol–water partition coefficient (Wildman–Crippen LogP) is 3.24. The van der Waals surface area contributed by atoms with Crippen LogP contribution in [0, 0.1) is 17.8 Å². The van der Waals surface area contributed by atoms with E-state index in [1.165, 1.54) is 5.56 Å². The number of nitrogens with one attached hydrogen (secondary N) is 1. The Labute approximate surface area is 139 Å². The van der Waals surface area contributed by atoms with Gasteiger partial charge in [0.15, 0.2) is 0 Å². The number of halogens is 1. The van der Waals surface area contributed by atoms with E-state index in [2.05, 4.69) is 57.7 Å². The van der Waals surface area contributed by atoms with Crippen molar-refractivity contribution in [3.63, 3.8) is 0 Å². The second-order valence-corrected chi connectivity index (χ2v) is 7.18. The number of hydrogen-bond donors (Lipinski definition) is 2. The summed E-state index contributed by atoms with van der Waals surface area (Å²) in [6, 6.07) is 8.44. The van der Waals surface area contributed by atoms with E-state index in [9.17, 15) is 4.79 Å². The Kier molecular flexibility index (Phi) is 4.99. The topological polar surface area (TPSA) is 49.3 Å². The van der Waals surface area contributed by atoms with Crippen LogP contribution in [0.3, 0.4) is 0 Å². The van der Waals surface area contributed by atoms with E-state index in [1.54, 1.807) is 0 Å². The van der Waals surface area contributed by atoms with E-state index < -0.39 is 0 Å². The number of benzene rings is 1. The van der Waals surface area contributed by atoms with Crippen LogP contribution < -0.4 is 5.32 Å². The van der Waals surface area contributed by atoms with Gasteiger partial charge in [0.25, 0.3) is 0 Å². The fraction of sp³-hybridized carbons (Fsp3) is 0.500. The standard InChI is InChI=1S/C18H22BrNO2/c19-14-6-3-12(4-7-14)15-8-5-13(2-1-11-21)17-16(15)9-10-20-18(17)22/h3-8,13,15-17,21H,1-2,9-11H2,(H,20,22)/t13-,15-,16-,17-/m1/s1. The van der Waals surface area contributed by atoms with E-state index in [4.69, 9.17) is 5.11 Å². The molecule has 0 spiro atoms. The quantitative estimate of drug-likeness (QED) is 0.806. The highest BCUT2D eigenvalue weighted by Crippen LogP contribution is 2.44. The molecule has 1 aromatic carbocycles. The van der Waals surface area contributed by atoms with Crippen molar-refractivity contribution in [1.29, 1.82) is 0 Å². The molecule has 0 bridgehead atoms. The highest BCUT2D eigenvalue weighted by molar-refractivity contribution is 9.10. The number of aliphatic hydroxyl groups is 1. The molecule has 118 valence electrons. The average Bonchev–Trinajstić information content (AvgIpc) is 2.54. The van der Waals surface area contributed by atoms with Crippen LogP contribution >= 0.6 is 15.9 Å². The number of rotatable bonds is 4. The van der Waals surface area contributed by atoms with Gasteiger partial charge in [-0.2, -0.15) is 0 Å². The lowest BCUT2D eigenvalue weighted by Crippen LogP contribution is -2.48. The molecule has 1 amide bonds. The monoisotopic (exact) mass is 363 g/mol. The van der Waals surface area contributed by atoms with Gasteiger partial charge in [-0.15, -0.1) is 0 Å². The number of carbonyl (C=O) groups excluding carboxylic acids is 1. The summed E-state index contributed by atoms with van der Waals surface area (Å²) in [6.45, 7) is 0.965. The third-order valence-electron chi connectivity index (χ3n) is 4.98. The van der Waals surface area contributed by atoms with Crippen LogP contribution in [-0.4, -0.2) is 24.2 Å². The minimum atomic E-state index is 0.0407. The molecule has 1 aliphatic carbocycles. The number of allylic oxidation sites excluding steroid dienone is 2. The third-order valence-corrected chi connectivity index (χ3v) is 5.51. The Morgan fingerprint density at radius 3 is 2.73 bits per heavy atom. The zero-order chi connectivity index (χ0) is 15.5. The van der Waals surface area contributed by atoms with Gasteiger partial charge < -0.3 is 10.4 Å². The Bertz CT molecular complexity index is 555. The lowest BCUT2D eigenvalue weighted by atomic mass is 9.64. The van der Waals surface area contributed by atoms with Gasteiger partial charge in [0.2, 0.25) is 5.91 Å². The molecule has 2 aliphatic rings. The van der Waals surface area contributed by atoms with Crippen molar-refractivity contribution in [2.75, 3.05) is 13.2 Å². The Morgan fingerprint density at radius 1 is 1.23 bits per heavy atom. The first-order valence-corrected chi connectivity index (χ1v) is 8.82. The summed E-state index contributed by atoms with van der Waals surface area (Å²) >= 11 is 3.48. The molecule has 0 saturated carbocycles. The van der Waals surface area contributed by atoms with E-state index in [0.717, 1.165) is 30.3 Å². The van der Waals surface area contributed by atoms with E-state index in [1.807, 2.05) is 0 Å². The van der Waals surface area contributed by atoms with E-state index >= 15 is 0 Å². The van der Waals surface area contributed by atoms with Crippen molar-refractivity contribution in [2.45, 2.75) is 25.2 Å². The average molecular weight is 364 g/mol. The van der Waals surface area contributed by atoms with Gasteiger partial charge in [0.1, 0.15) is 0 Å². The molecule has 0 unspecified atom stereocenters. The Morgan fingerprint density at radius 2 is 2.00 bits per heavy atom. The van der Waals surface area contributed by atoms with Gasteiger partial charge in [0, 0.05) is 29.5 Å². The van der Waals surface area contributed by atoms with Crippen molar-refractivity contribution in [1.82, 2.24) is 5.32 Å². The lowest BCUT2D eigenvalue weighted by Gasteiger charge is -2.42. The summed E-state index contributed by atoms with van der Waals surface area (Å²) in [5.41, 5.74) is 1.28. The summed E-state index contributed by atoms with van der Waals surface area (Å²) in [6.07, 6.45) is 7.15. The van der Waals surface area contributed by atoms with Gasteiger partial charge in [-0.3, -0.25) is 4.79 Å². The zero-order valence-corrected chi connectivity index (χ0v) is 14.1. The van der Waals surface area contributed by atoms with Crippen molar-refractivity contribution in [3.8, 4) is 0 Å². The highest BCUT2D eigenvalue weighted by atomic mass is 79.9. The molecule has 3 rings (SSSR count). The van der Waals surface area contributed by atoms with E-state index in [-0.39, 0.29) is 24.3 Å². The molecule has 1 aliphatic heterocycles. The number of piperidine rings is 1. The Balaban J connectivity index is 1.89. The minimum Gasteiger partial charge on any atom is -0.396 e. The maximum atomic E-state index is 12.4. The van der Waals surface area contributed by atoms with Gasteiger partial charge >= 0.3 is 0 Å². The fourth-order valence-electron chi connectivity index (χ4n) is 3.94. The van der Waals surface area contributed by atoms with E-state index in [0.29, 0.717) is 11.8 Å².